The zero-order valence-corrected chi connectivity index (χ0v) is 11.6. The topological polar surface area (TPSA) is 68.2 Å². The molecule has 0 saturated heterocycles. The van der Waals surface area contributed by atoms with E-state index in [-0.39, 0.29) is 0 Å². The highest BCUT2D eigenvalue weighted by molar-refractivity contribution is 5.28. The van der Waals surface area contributed by atoms with Crippen molar-refractivity contribution in [3.05, 3.63) is 29.8 Å². The van der Waals surface area contributed by atoms with Crippen molar-refractivity contribution < 1.29 is 24.4 Å². The first-order valence-electron chi connectivity index (χ1n) is 6.37. The van der Waals surface area contributed by atoms with Crippen LogP contribution in [0.3, 0.4) is 0 Å². The molecule has 0 spiro atoms. The van der Waals surface area contributed by atoms with Crippen LogP contribution >= 0.6 is 0 Å². The van der Waals surface area contributed by atoms with Crippen molar-refractivity contribution >= 4 is 0 Å². The number of hydrogen-bond acceptors (Lipinski definition) is 5. The van der Waals surface area contributed by atoms with Crippen LogP contribution in [0.15, 0.2) is 24.3 Å². The van der Waals surface area contributed by atoms with Gasteiger partial charge >= 0.3 is 0 Å². The van der Waals surface area contributed by atoms with E-state index in [0.717, 1.165) is 0 Å². The summed E-state index contributed by atoms with van der Waals surface area (Å²) in [7, 11) is 1.57. The summed E-state index contributed by atoms with van der Waals surface area (Å²) >= 11 is 0. The Kier molecular flexibility index (Phi) is 6.80. The van der Waals surface area contributed by atoms with Gasteiger partial charge in [-0.15, -0.1) is 0 Å². The third kappa shape index (κ3) is 4.47. The second-order valence-corrected chi connectivity index (χ2v) is 3.99. The second kappa shape index (κ2) is 8.12. The molecule has 0 amide bonds. The molecular weight excluding hydrogens is 248 g/mol. The molecule has 0 aliphatic heterocycles. The van der Waals surface area contributed by atoms with E-state index in [9.17, 15) is 10.2 Å². The van der Waals surface area contributed by atoms with E-state index in [0.29, 0.717) is 24.5 Å². The average Bonchev–Trinajstić information content (AvgIpc) is 2.45. The summed E-state index contributed by atoms with van der Waals surface area (Å²) in [5.74, 6) is 0.691. The quantitative estimate of drug-likeness (QED) is 0.700. The van der Waals surface area contributed by atoms with Crippen LogP contribution in [0.2, 0.25) is 0 Å². The van der Waals surface area contributed by atoms with Gasteiger partial charge in [-0.05, 0) is 31.5 Å². The highest BCUT2D eigenvalue weighted by Gasteiger charge is 2.28. The van der Waals surface area contributed by atoms with Crippen molar-refractivity contribution in [2.45, 2.75) is 32.3 Å². The molecule has 1 aromatic carbocycles. The zero-order valence-electron chi connectivity index (χ0n) is 11.6. The highest BCUT2D eigenvalue weighted by atomic mass is 16.7. The van der Waals surface area contributed by atoms with Gasteiger partial charge in [0.25, 0.3) is 0 Å². The number of ether oxygens (including phenoxy) is 3. The van der Waals surface area contributed by atoms with Crippen LogP contribution in [0.5, 0.6) is 5.75 Å². The monoisotopic (exact) mass is 270 g/mol. The molecule has 0 aliphatic carbocycles. The Bertz CT molecular complexity index is 345. The van der Waals surface area contributed by atoms with E-state index in [4.69, 9.17) is 14.2 Å². The summed E-state index contributed by atoms with van der Waals surface area (Å²) in [5, 5.41) is 20.2. The number of hydrogen-bond donors (Lipinski definition) is 2. The normalized spacial score (nSPS) is 14.4. The standard InChI is InChI=1S/C14H22O5/c1-4-18-14(19-5-2)13(16)12(15)10-6-8-11(17-3)9-7-10/h6-9,12-16H,4-5H2,1-3H3/t12-,13-/m0/s1. The summed E-state index contributed by atoms with van der Waals surface area (Å²) in [5.41, 5.74) is 0.581. The van der Waals surface area contributed by atoms with Gasteiger partial charge in [-0.2, -0.15) is 0 Å². The van der Waals surface area contributed by atoms with Gasteiger partial charge in [-0.1, -0.05) is 12.1 Å². The molecule has 0 aromatic heterocycles. The number of aliphatic hydroxyl groups is 2. The van der Waals surface area contributed by atoms with E-state index in [2.05, 4.69) is 0 Å². The van der Waals surface area contributed by atoms with Gasteiger partial charge in [-0.3, -0.25) is 0 Å². The van der Waals surface area contributed by atoms with Crippen molar-refractivity contribution in [1.29, 1.82) is 0 Å². The Morgan fingerprint density at radius 1 is 1.00 bits per heavy atom. The predicted octanol–water partition coefficient (Wildman–Crippen LogP) is 1.49. The van der Waals surface area contributed by atoms with Gasteiger partial charge in [0.1, 0.15) is 18.0 Å². The van der Waals surface area contributed by atoms with E-state index in [1.54, 1.807) is 45.2 Å². The SMILES string of the molecule is CCOC(OCC)[C@@H](O)[C@@H](O)c1ccc(OC)cc1. The van der Waals surface area contributed by atoms with Crippen LogP contribution in [-0.2, 0) is 9.47 Å². The predicted molar refractivity (Wildman–Crippen MR) is 71.0 cm³/mol. The molecule has 0 aliphatic rings. The molecule has 1 aromatic rings. The molecule has 108 valence electrons. The van der Waals surface area contributed by atoms with Gasteiger partial charge < -0.3 is 24.4 Å². The first-order chi connectivity index (χ1) is 9.13. The van der Waals surface area contributed by atoms with Crippen molar-refractivity contribution in [2.75, 3.05) is 20.3 Å². The number of aliphatic hydroxyl groups excluding tert-OH is 2. The molecule has 5 heteroatoms. The van der Waals surface area contributed by atoms with Crippen LogP contribution in [0.4, 0.5) is 0 Å². The maximum atomic E-state index is 10.1. The summed E-state index contributed by atoms with van der Waals surface area (Å²) in [6.45, 7) is 4.41. The molecule has 2 atom stereocenters. The molecule has 0 bridgehead atoms. The van der Waals surface area contributed by atoms with Gasteiger partial charge in [0.05, 0.1) is 7.11 Å². The van der Waals surface area contributed by atoms with Crippen molar-refractivity contribution in [3.8, 4) is 5.75 Å². The molecule has 0 heterocycles. The van der Waals surface area contributed by atoms with Crippen molar-refractivity contribution in [1.82, 2.24) is 0 Å². The molecule has 5 nitrogen and oxygen atoms in total. The van der Waals surface area contributed by atoms with Crippen LogP contribution < -0.4 is 4.74 Å². The first-order valence-corrected chi connectivity index (χ1v) is 6.37. The van der Waals surface area contributed by atoms with Crippen molar-refractivity contribution in [2.24, 2.45) is 0 Å². The minimum absolute atomic E-state index is 0.400. The van der Waals surface area contributed by atoms with E-state index in [1.807, 2.05) is 0 Å². The van der Waals surface area contributed by atoms with E-state index in [1.165, 1.54) is 0 Å². The Hall–Kier alpha value is -1.14. The number of benzene rings is 1. The lowest BCUT2D eigenvalue weighted by Gasteiger charge is -2.26. The highest BCUT2D eigenvalue weighted by Crippen LogP contribution is 2.23. The first kappa shape index (κ1) is 15.9. The van der Waals surface area contributed by atoms with Gasteiger partial charge in [-0.25, -0.2) is 0 Å². The summed E-state index contributed by atoms with van der Waals surface area (Å²) in [4.78, 5) is 0. The fraction of sp³-hybridized carbons (Fsp3) is 0.571. The molecule has 0 unspecified atom stereocenters. The summed E-state index contributed by atoms with van der Waals surface area (Å²) in [6.07, 6.45) is -3.06. The maximum Gasteiger partial charge on any atom is 0.186 e. The molecule has 19 heavy (non-hydrogen) atoms. The van der Waals surface area contributed by atoms with Gasteiger partial charge in [0.15, 0.2) is 6.29 Å². The Morgan fingerprint density at radius 2 is 1.53 bits per heavy atom. The Labute approximate surface area is 113 Å². The van der Waals surface area contributed by atoms with Crippen LogP contribution in [0, 0.1) is 0 Å². The minimum atomic E-state index is -1.15. The minimum Gasteiger partial charge on any atom is -0.497 e. The largest absolute Gasteiger partial charge is 0.497 e. The van der Waals surface area contributed by atoms with Crippen molar-refractivity contribution in [3.63, 3.8) is 0 Å². The maximum absolute atomic E-state index is 10.1. The molecular formula is C14H22O5. The smallest absolute Gasteiger partial charge is 0.186 e. The number of rotatable bonds is 8. The molecule has 0 fully saturated rings. The average molecular weight is 270 g/mol. The van der Waals surface area contributed by atoms with E-state index >= 15 is 0 Å². The van der Waals surface area contributed by atoms with E-state index < -0.39 is 18.5 Å². The van der Waals surface area contributed by atoms with Crippen LogP contribution in [0.25, 0.3) is 0 Å². The zero-order chi connectivity index (χ0) is 14.3. The number of methoxy groups -OCH3 is 1. The fourth-order valence-electron chi connectivity index (χ4n) is 1.72. The second-order valence-electron chi connectivity index (χ2n) is 3.99. The lowest BCUT2D eigenvalue weighted by atomic mass is 10.0. The molecule has 1 rings (SSSR count). The Balaban J connectivity index is 2.74. The summed E-state index contributed by atoms with van der Waals surface area (Å²) in [6, 6.07) is 6.84. The Morgan fingerprint density at radius 3 is 1.95 bits per heavy atom. The molecule has 0 saturated carbocycles. The fourth-order valence-corrected chi connectivity index (χ4v) is 1.72. The van der Waals surface area contributed by atoms with Gasteiger partial charge in [0, 0.05) is 13.2 Å². The summed E-state index contributed by atoms with van der Waals surface area (Å²) < 4.78 is 15.6. The third-order valence-electron chi connectivity index (χ3n) is 2.72. The molecule has 0 radical (unpaired) electrons. The molecule has 2 N–H and O–H groups in total. The van der Waals surface area contributed by atoms with Crippen LogP contribution in [-0.4, -0.2) is 42.9 Å². The lowest BCUT2D eigenvalue weighted by molar-refractivity contribution is -0.212. The lowest BCUT2D eigenvalue weighted by Crippen LogP contribution is -2.36. The third-order valence-corrected chi connectivity index (χ3v) is 2.72. The van der Waals surface area contributed by atoms with Crippen LogP contribution in [0.1, 0.15) is 25.5 Å². The van der Waals surface area contributed by atoms with Gasteiger partial charge in [0.2, 0.25) is 0 Å².